The van der Waals surface area contributed by atoms with Gasteiger partial charge in [-0.3, -0.25) is 4.79 Å². The number of hydrogen-bond donors (Lipinski definition) is 0. The van der Waals surface area contributed by atoms with Crippen LogP contribution >= 0.6 is 11.6 Å². The number of tetrazole rings is 1. The lowest BCUT2D eigenvalue weighted by molar-refractivity contribution is -0.131. The van der Waals surface area contributed by atoms with Gasteiger partial charge in [-0.2, -0.15) is 4.80 Å². The van der Waals surface area contributed by atoms with Gasteiger partial charge in [-0.1, -0.05) is 47.5 Å². The van der Waals surface area contributed by atoms with Crippen LogP contribution in [0.3, 0.4) is 0 Å². The van der Waals surface area contributed by atoms with Crippen LogP contribution in [-0.2, 0) is 17.9 Å². The molecule has 7 heteroatoms. The number of carbonyl (C=O) groups excluding carboxylic acids is 1. The largest absolute Gasteiger partial charge is 0.340 e. The van der Waals surface area contributed by atoms with Crippen LogP contribution < -0.4 is 0 Å². The molecule has 0 spiro atoms. The van der Waals surface area contributed by atoms with E-state index in [-0.39, 0.29) is 12.5 Å². The predicted molar refractivity (Wildman–Crippen MR) is 101 cm³/mol. The molecule has 1 amide bonds. The molecular formula is C19H20ClN5O. The van der Waals surface area contributed by atoms with Gasteiger partial charge in [0.1, 0.15) is 6.54 Å². The number of likely N-dealkylation sites (N-methyl/N-ethyl adjacent to an activating group) is 1. The molecule has 0 bridgehead atoms. The third-order valence-corrected chi connectivity index (χ3v) is 4.51. The minimum atomic E-state index is -0.0897. The molecule has 2 aromatic carbocycles. The zero-order chi connectivity index (χ0) is 18.7. The molecule has 6 nitrogen and oxygen atoms in total. The SMILES string of the molecule is Cc1ccc(CN(C)C(=O)Cn2nnc(-c3ccccc3Cl)n2)c(C)c1. The van der Waals surface area contributed by atoms with E-state index in [2.05, 4.69) is 47.5 Å². The summed E-state index contributed by atoms with van der Waals surface area (Å²) < 4.78 is 0. The van der Waals surface area contributed by atoms with Crippen molar-refractivity contribution in [2.45, 2.75) is 26.9 Å². The van der Waals surface area contributed by atoms with Crippen molar-refractivity contribution in [2.75, 3.05) is 7.05 Å². The summed E-state index contributed by atoms with van der Waals surface area (Å²) in [6.45, 7) is 4.67. The van der Waals surface area contributed by atoms with E-state index in [0.717, 1.165) is 5.56 Å². The minimum absolute atomic E-state index is 0.0266. The maximum absolute atomic E-state index is 12.5. The fourth-order valence-electron chi connectivity index (χ4n) is 2.67. The van der Waals surface area contributed by atoms with Crippen molar-refractivity contribution in [1.29, 1.82) is 0 Å². The third-order valence-electron chi connectivity index (χ3n) is 4.18. The van der Waals surface area contributed by atoms with E-state index in [1.165, 1.54) is 15.9 Å². The molecule has 0 atom stereocenters. The number of halogens is 1. The van der Waals surface area contributed by atoms with E-state index in [1.807, 2.05) is 18.2 Å². The number of benzene rings is 2. The van der Waals surface area contributed by atoms with Crippen LogP contribution in [0.4, 0.5) is 0 Å². The number of aryl methyl sites for hydroxylation is 2. The summed E-state index contributed by atoms with van der Waals surface area (Å²) >= 11 is 6.15. The van der Waals surface area contributed by atoms with Crippen LogP contribution in [-0.4, -0.2) is 38.1 Å². The van der Waals surface area contributed by atoms with Gasteiger partial charge < -0.3 is 4.90 Å². The van der Waals surface area contributed by atoms with E-state index in [0.29, 0.717) is 23.0 Å². The highest BCUT2D eigenvalue weighted by Crippen LogP contribution is 2.23. The highest BCUT2D eigenvalue weighted by Gasteiger charge is 2.15. The lowest BCUT2D eigenvalue weighted by atomic mass is 10.1. The monoisotopic (exact) mass is 369 g/mol. The molecule has 0 unspecified atom stereocenters. The van der Waals surface area contributed by atoms with Crippen LogP contribution in [0.25, 0.3) is 11.4 Å². The first kappa shape index (κ1) is 18.1. The zero-order valence-corrected chi connectivity index (χ0v) is 15.7. The van der Waals surface area contributed by atoms with Crippen molar-refractivity contribution in [3.63, 3.8) is 0 Å². The Morgan fingerprint density at radius 1 is 1.19 bits per heavy atom. The molecule has 3 rings (SSSR count). The Hall–Kier alpha value is -2.73. The highest BCUT2D eigenvalue weighted by atomic mass is 35.5. The number of rotatable bonds is 5. The molecule has 0 fully saturated rings. The average Bonchev–Trinajstić information content (AvgIpc) is 3.06. The van der Waals surface area contributed by atoms with Gasteiger partial charge in [-0.25, -0.2) is 0 Å². The van der Waals surface area contributed by atoms with Crippen molar-refractivity contribution < 1.29 is 4.79 Å². The fourth-order valence-corrected chi connectivity index (χ4v) is 2.89. The number of hydrogen-bond acceptors (Lipinski definition) is 4. The Bertz CT molecular complexity index is 937. The van der Waals surface area contributed by atoms with Crippen molar-refractivity contribution in [1.82, 2.24) is 25.1 Å². The van der Waals surface area contributed by atoms with Gasteiger partial charge in [0.15, 0.2) is 0 Å². The predicted octanol–water partition coefficient (Wildman–Crippen LogP) is 3.27. The molecule has 0 saturated carbocycles. The fraction of sp³-hybridized carbons (Fsp3) is 0.263. The quantitative estimate of drug-likeness (QED) is 0.692. The van der Waals surface area contributed by atoms with Gasteiger partial charge in [-0.05, 0) is 42.3 Å². The maximum atomic E-state index is 12.5. The summed E-state index contributed by atoms with van der Waals surface area (Å²) in [5, 5.41) is 12.8. The van der Waals surface area contributed by atoms with Crippen LogP contribution in [0.2, 0.25) is 5.02 Å². The lowest BCUT2D eigenvalue weighted by Crippen LogP contribution is -2.30. The Balaban J connectivity index is 1.67. The molecule has 0 aliphatic rings. The Labute approximate surface area is 157 Å². The van der Waals surface area contributed by atoms with Gasteiger partial charge in [0.2, 0.25) is 11.7 Å². The van der Waals surface area contributed by atoms with Crippen molar-refractivity contribution in [2.24, 2.45) is 0 Å². The first-order valence-electron chi connectivity index (χ1n) is 8.27. The summed E-state index contributed by atoms with van der Waals surface area (Å²) in [4.78, 5) is 15.4. The summed E-state index contributed by atoms with van der Waals surface area (Å²) in [5.74, 6) is 0.313. The molecule has 0 aliphatic heterocycles. The van der Waals surface area contributed by atoms with Gasteiger partial charge >= 0.3 is 0 Å². The van der Waals surface area contributed by atoms with Crippen molar-refractivity contribution in [3.8, 4) is 11.4 Å². The molecule has 26 heavy (non-hydrogen) atoms. The van der Waals surface area contributed by atoms with Gasteiger partial charge in [0, 0.05) is 19.2 Å². The van der Waals surface area contributed by atoms with Gasteiger partial charge in [0.05, 0.1) is 5.02 Å². The van der Waals surface area contributed by atoms with Crippen LogP contribution in [0.1, 0.15) is 16.7 Å². The summed E-state index contributed by atoms with van der Waals surface area (Å²) in [6, 6.07) is 13.5. The summed E-state index contributed by atoms with van der Waals surface area (Å²) in [5.41, 5.74) is 4.19. The Morgan fingerprint density at radius 2 is 1.96 bits per heavy atom. The molecule has 1 aromatic heterocycles. The van der Waals surface area contributed by atoms with E-state index in [4.69, 9.17) is 11.6 Å². The number of nitrogens with zero attached hydrogens (tertiary/aromatic N) is 5. The standard InChI is InChI=1S/C19H20ClN5O/c1-13-8-9-15(14(2)10-13)11-24(3)18(26)12-25-22-19(21-23-25)16-6-4-5-7-17(16)20/h4-10H,11-12H2,1-3H3. The van der Waals surface area contributed by atoms with Crippen molar-refractivity contribution in [3.05, 3.63) is 64.2 Å². The zero-order valence-electron chi connectivity index (χ0n) is 15.0. The second kappa shape index (κ2) is 7.66. The van der Waals surface area contributed by atoms with E-state index < -0.39 is 0 Å². The van der Waals surface area contributed by atoms with E-state index in [9.17, 15) is 4.79 Å². The molecule has 0 aliphatic carbocycles. The van der Waals surface area contributed by atoms with Gasteiger partial charge in [0.25, 0.3) is 0 Å². The Kier molecular flexibility index (Phi) is 5.32. The molecule has 1 heterocycles. The summed E-state index contributed by atoms with van der Waals surface area (Å²) in [7, 11) is 1.77. The minimum Gasteiger partial charge on any atom is -0.340 e. The summed E-state index contributed by atoms with van der Waals surface area (Å²) in [6.07, 6.45) is 0. The molecule has 0 saturated heterocycles. The van der Waals surface area contributed by atoms with E-state index in [1.54, 1.807) is 18.0 Å². The third kappa shape index (κ3) is 4.08. The topological polar surface area (TPSA) is 63.9 Å². The highest BCUT2D eigenvalue weighted by molar-refractivity contribution is 6.33. The number of aromatic nitrogens is 4. The lowest BCUT2D eigenvalue weighted by Gasteiger charge is -2.18. The number of carbonyl (C=O) groups is 1. The molecule has 0 radical (unpaired) electrons. The molecular weight excluding hydrogens is 350 g/mol. The van der Waals surface area contributed by atoms with Crippen LogP contribution in [0.5, 0.6) is 0 Å². The Morgan fingerprint density at radius 3 is 2.69 bits per heavy atom. The molecule has 3 aromatic rings. The normalized spacial score (nSPS) is 10.8. The van der Waals surface area contributed by atoms with E-state index >= 15 is 0 Å². The molecule has 134 valence electrons. The first-order valence-corrected chi connectivity index (χ1v) is 8.64. The maximum Gasteiger partial charge on any atom is 0.246 e. The van der Waals surface area contributed by atoms with Crippen molar-refractivity contribution >= 4 is 17.5 Å². The second-order valence-electron chi connectivity index (χ2n) is 6.30. The second-order valence-corrected chi connectivity index (χ2v) is 6.71. The average molecular weight is 370 g/mol. The van der Waals surface area contributed by atoms with Crippen LogP contribution in [0, 0.1) is 13.8 Å². The number of amides is 1. The van der Waals surface area contributed by atoms with Crippen LogP contribution in [0.15, 0.2) is 42.5 Å². The first-order chi connectivity index (χ1) is 12.4. The van der Waals surface area contributed by atoms with Gasteiger partial charge in [-0.15, -0.1) is 10.2 Å². The molecule has 0 N–H and O–H groups in total. The smallest absolute Gasteiger partial charge is 0.246 e.